The molecule has 1 aliphatic rings. The highest BCUT2D eigenvalue weighted by Gasteiger charge is 2.14. The highest BCUT2D eigenvalue weighted by atomic mass is 16.2. The van der Waals surface area contributed by atoms with E-state index in [0.717, 1.165) is 35.6 Å². The monoisotopic (exact) mass is 408 g/mol. The second kappa shape index (κ2) is 9.76. The number of hydrogen-bond donors (Lipinski definition) is 2. The lowest BCUT2D eigenvalue weighted by Crippen LogP contribution is -2.36. The smallest absolute Gasteiger partial charge is 0.238 e. The molecule has 2 N–H and O–H groups in total. The molecule has 1 fully saturated rings. The molecule has 0 saturated carbocycles. The molecule has 0 spiro atoms. The molecule has 160 valence electrons. The van der Waals surface area contributed by atoms with Gasteiger partial charge in [-0.25, -0.2) is 0 Å². The van der Waals surface area contributed by atoms with Crippen LogP contribution in [0.15, 0.2) is 36.4 Å². The summed E-state index contributed by atoms with van der Waals surface area (Å²) in [5, 5.41) is 5.88. The van der Waals surface area contributed by atoms with Crippen molar-refractivity contribution in [2.24, 2.45) is 0 Å². The maximum Gasteiger partial charge on any atom is 0.238 e. The Morgan fingerprint density at radius 2 is 1.43 bits per heavy atom. The molecule has 1 saturated heterocycles. The van der Waals surface area contributed by atoms with E-state index in [1.807, 2.05) is 45.0 Å². The minimum atomic E-state index is -0.137. The van der Waals surface area contributed by atoms with Crippen molar-refractivity contribution in [1.29, 1.82) is 0 Å². The van der Waals surface area contributed by atoms with Gasteiger partial charge in [0.25, 0.3) is 0 Å². The van der Waals surface area contributed by atoms with E-state index in [-0.39, 0.29) is 24.9 Å². The number of aryl methyl sites for hydroxylation is 3. The van der Waals surface area contributed by atoms with Crippen LogP contribution in [-0.4, -0.2) is 49.9 Å². The van der Waals surface area contributed by atoms with Crippen LogP contribution in [0.2, 0.25) is 0 Å². The number of anilines is 3. The van der Waals surface area contributed by atoms with E-state index in [2.05, 4.69) is 27.7 Å². The zero-order valence-electron chi connectivity index (χ0n) is 18.4. The minimum Gasteiger partial charge on any atom is -0.372 e. The summed E-state index contributed by atoms with van der Waals surface area (Å²) in [6.07, 6.45) is 2.48. The van der Waals surface area contributed by atoms with E-state index in [0.29, 0.717) is 0 Å². The van der Waals surface area contributed by atoms with Crippen LogP contribution in [0.1, 0.15) is 29.5 Å². The van der Waals surface area contributed by atoms with Gasteiger partial charge in [0.2, 0.25) is 11.8 Å². The van der Waals surface area contributed by atoms with Gasteiger partial charge in [-0.15, -0.1) is 0 Å². The maximum atomic E-state index is 12.4. The summed E-state index contributed by atoms with van der Waals surface area (Å²) in [6, 6.07) is 12.1. The number of hydrogen-bond acceptors (Lipinski definition) is 4. The van der Waals surface area contributed by atoms with Gasteiger partial charge in [-0.1, -0.05) is 17.7 Å². The van der Waals surface area contributed by atoms with Crippen molar-refractivity contribution in [2.75, 3.05) is 48.8 Å². The van der Waals surface area contributed by atoms with Gasteiger partial charge in [-0.05, 0) is 76.1 Å². The molecule has 0 atom stereocenters. The van der Waals surface area contributed by atoms with Crippen molar-refractivity contribution in [3.05, 3.63) is 53.1 Å². The highest BCUT2D eigenvalue weighted by Crippen LogP contribution is 2.23. The number of amides is 2. The van der Waals surface area contributed by atoms with Gasteiger partial charge in [-0.2, -0.15) is 0 Å². The summed E-state index contributed by atoms with van der Waals surface area (Å²) in [5.74, 6) is -0.266. The Hall–Kier alpha value is -2.86. The Kier molecular flexibility index (Phi) is 7.11. The molecule has 0 radical (unpaired) electrons. The second-order valence-corrected chi connectivity index (χ2v) is 8.28. The molecule has 30 heavy (non-hydrogen) atoms. The number of carbonyl (C=O) groups excluding carboxylic acids is 2. The summed E-state index contributed by atoms with van der Waals surface area (Å²) < 4.78 is 0. The van der Waals surface area contributed by atoms with Crippen molar-refractivity contribution in [1.82, 2.24) is 4.90 Å². The zero-order valence-corrected chi connectivity index (χ0v) is 18.4. The zero-order chi connectivity index (χ0) is 21.7. The number of likely N-dealkylation sites (N-methyl/N-ethyl adjacent to an activating group) is 1. The fourth-order valence-corrected chi connectivity index (χ4v) is 4.03. The Balaban J connectivity index is 1.47. The van der Waals surface area contributed by atoms with Crippen molar-refractivity contribution >= 4 is 28.9 Å². The lowest BCUT2D eigenvalue weighted by atomic mass is 10.1. The maximum absolute atomic E-state index is 12.4. The summed E-state index contributed by atoms with van der Waals surface area (Å²) in [4.78, 5) is 28.8. The first-order valence-corrected chi connectivity index (χ1v) is 10.5. The highest BCUT2D eigenvalue weighted by molar-refractivity contribution is 5.95. The van der Waals surface area contributed by atoms with E-state index in [9.17, 15) is 9.59 Å². The number of nitrogens with one attached hydrogen (secondary N) is 2. The lowest BCUT2D eigenvalue weighted by molar-refractivity contribution is -0.119. The first kappa shape index (κ1) is 21.8. The normalized spacial score (nSPS) is 13.6. The molecule has 2 amide bonds. The molecule has 1 heterocycles. The third-order valence-electron chi connectivity index (χ3n) is 5.39. The van der Waals surface area contributed by atoms with E-state index in [1.54, 1.807) is 11.9 Å². The summed E-state index contributed by atoms with van der Waals surface area (Å²) >= 11 is 0. The third kappa shape index (κ3) is 5.83. The van der Waals surface area contributed by atoms with Gasteiger partial charge in [-0.3, -0.25) is 14.5 Å². The Bertz CT molecular complexity index is 879. The predicted octanol–water partition coefficient (Wildman–Crippen LogP) is 3.72. The molecule has 6 nitrogen and oxygen atoms in total. The van der Waals surface area contributed by atoms with Crippen LogP contribution in [0.3, 0.4) is 0 Å². The molecular weight excluding hydrogens is 376 g/mol. The number of nitrogens with zero attached hydrogens (tertiary/aromatic N) is 2. The van der Waals surface area contributed by atoms with Crippen molar-refractivity contribution in [2.45, 2.75) is 33.6 Å². The van der Waals surface area contributed by atoms with Crippen LogP contribution in [-0.2, 0) is 9.59 Å². The Labute approximate surface area is 179 Å². The summed E-state index contributed by atoms with van der Waals surface area (Å²) in [6.45, 7) is 8.50. The van der Waals surface area contributed by atoms with Gasteiger partial charge in [0, 0.05) is 30.2 Å². The first-order valence-electron chi connectivity index (χ1n) is 10.5. The molecule has 2 aromatic carbocycles. The molecule has 2 aromatic rings. The topological polar surface area (TPSA) is 64.7 Å². The number of carbonyl (C=O) groups is 2. The minimum absolute atomic E-state index is 0.129. The van der Waals surface area contributed by atoms with Crippen molar-refractivity contribution < 1.29 is 9.59 Å². The summed E-state index contributed by atoms with van der Waals surface area (Å²) in [5.41, 5.74) is 6.07. The average molecular weight is 409 g/mol. The SMILES string of the molecule is Cc1cc(C)c(NC(=O)CN(C)CC(=O)Nc2ccc(N3CCCC3)cc2)c(C)c1. The lowest BCUT2D eigenvalue weighted by Gasteiger charge is -2.19. The number of rotatable bonds is 7. The van der Waals surface area contributed by atoms with Crippen LogP contribution in [0, 0.1) is 20.8 Å². The quantitative estimate of drug-likeness (QED) is 0.733. The standard InChI is InChI=1S/C24H32N4O2/c1-17-13-18(2)24(19(3)14-17)26-23(30)16-27(4)15-22(29)25-20-7-9-21(10-8-20)28-11-5-6-12-28/h7-10,13-14H,5-6,11-12,15-16H2,1-4H3,(H,25,29)(H,26,30). The molecule has 0 bridgehead atoms. The molecule has 0 aromatic heterocycles. The van der Waals surface area contributed by atoms with Crippen molar-refractivity contribution in [3.8, 4) is 0 Å². The molecule has 3 rings (SSSR count). The van der Waals surface area contributed by atoms with Gasteiger partial charge < -0.3 is 15.5 Å². The van der Waals surface area contributed by atoms with Crippen molar-refractivity contribution in [3.63, 3.8) is 0 Å². The Morgan fingerprint density at radius 1 is 0.900 bits per heavy atom. The Morgan fingerprint density at radius 3 is 2.00 bits per heavy atom. The van der Waals surface area contributed by atoms with Crippen LogP contribution in [0.25, 0.3) is 0 Å². The average Bonchev–Trinajstić information content (AvgIpc) is 3.19. The molecular formula is C24H32N4O2. The first-order chi connectivity index (χ1) is 14.3. The van der Waals surface area contributed by atoms with Gasteiger partial charge in [0.05, 0.1) is 13.1 Å². The molecule has 0 aliphatic carbocycles. The largest absolute Gasteiger partial charge is 0.372 e. The molecule has 0 unspecified atom stereocenters. The summed E-state index contributed by atoms with van der Waals surface area (Å²) in [7, 11) is 1.77. The van der Waals surface area contributed by atoms with Crippen LogP contribution < -0.4 is 15.5 Å². The van der Waals surface area contributed by atoms with E-state index >= 15 is 0 Å². The fraction of sp³-hybridized carbons (Fsp3) is 0.417. The van der Waals surface area contributed by atoms with Crippen LogP contribution >= 0.6 is 0 Å². The van der Waals surface area contributed by atoms with Gasteiger partial charge in [0.1, 0.15) is 0 Å². The third-order valence-corrected chi connectivity index (χ3v) is 5.39. The predicted molar refractivity (Wildman–Crippen MR) is 123 cm³/mol. The number of benzene rings is 2. The van der Waals surface area contributed by atoms with Crippen LogP contribution in [0.5, 0.6) is 0 Å². The van der Waals surface area contributed by atoms with Gasteiger partial charge >= 0.3 is 0 Å². The van der Waals surface area contributed by atoms with E-state index < -0.39 is 0 Å². The van der Waals surface area contributed by atoms with E-state index in [4.69, 9.17) is 0 Å². The molecule has 1 aliphatic heterocycles. The van der Waals surface area contributed by atoms with Gasteiger partial charge in [0.15, 0.2) is 0 Å². The fourth-order valence-electron chi connectivity index (χ4n) is 4.03. The van der Waals surface area contributed by atoms with Crippen LogP contribution in [0.4, 0.5) is 17.1 Å². The van der Waals surface area contributed by atoms with E-state index in [1.165, 1.54) is 24.1 Å². The second-order valence-electron chi connectivity index (χ2n) is 8.28. The molecule has 6 heteroatoms.